The van der Waals surface area contributed by atoms with Crippen LogP contribution in [0.2, 0.25) is 0 Å². The predicted octanol–water partition coefficient (Wildman–Crippen LogP) is 4.59. The molecule has 2 N–H and O–H groups in total. The van der Waals surface area contributed by atoms with Gasteiger partial charge in [0.25, 0.3) is 5.91 Å². The Morgan fingerprint density at radius 1 is 1.08 bits per heavy atom. The van der Waals surface area contributed by atoms with Gasteiger partial charge >= 0.3 is 0 Å². The fourth-order valence-corrected chi connectivity index (χ4v) is 3.69. The van der Waals surface area contributed by atoms with E-state index < -0.39 is 0 Å². The molecule has 0 unspecified atom stereocenters. The van der Waals surface area contributed by atoms with Crippen molar-refractivity contribution in [3.63, 3.8) is 0 Å². The first-order chi connectivity index (χ1) is 12.6. The van der Waals surface area contributed by atoms with Crippen molar-refractivity contribution in [2.45, 2.75) is 26.2 Å². The summed E-state index contributed by atoms with van der Waals surface area (Å²) in [5, 5.41) is 9.95. The minimum Gasteiger partial charge on any atom is -0.326 e. The third kappa shape index (κ3) is 5.00. The third-order valence-corrected chi connectivity index (χ3v) is 5.45. The highest BCUT2D eigenvalue weighted by Gasteiger charge is 2.11. The van der Waals surface area contributed by atoms with Crippen molar-refractivity contribution in [3.05, 3.63) is 63.3 Å². The van der Waals surface area contributed by atoms with Crippen molar-refractivity contribution < 1.29 is 9.59 Å². The van der Waals surface area contributed by atoms with Crippen molar-refractivity contribution in [1.29, 1.82) is 0 Å². The van der Waals surface area contributed by atoms with Gasteiger partial charge in [-0.3, -0.25) is 14.9 Å². The Kier molecular flexibility index (Phi) is 6.14. The van der Waals surface area contributed by atoms with Gasteiger partial charge in [0.05, 0.1) is 10.6 Å². The zero-order valence-corrected chi connectivity index (χ0v) is 16.0. The molecule has 0 bridgehead atoms. The number of anilines is 2. The summed E-state index contributed by atoms with van der Waals surface area (Å²) in [6, 6.07) is 11.5. The molecule has 0 atom stereocenters. The molecule has 1 aromatic carbocycles. The summed E-state index contributed by atoms with van der Waals surface area (Å²) in [6.07, 6.45) is 1.85. The van der Waals surface area contributed by atoms with Crippen LogP contribution in [0.5, 0.6) is 0 Å². The zero-order chi connectivity index (χ0) is 18.4. The molecular weight excluding hydrogens is 366 g/mol. The number of thiophene rings is 1. The van der Waals surface area contributed by atoms with E-state index in [9.17, 15) is 9.59 Å². The summed E-state index contributed by atoms with van der Waals surface area (Å²) in [5.74, 6) is -0.208. The molecule has 0 fully saturated rings. The van der Waals surface area contributed by atoms with Crippen molar-refractivity contribution in [2.24, 2.45) is 0 Å². The topological polar surface area (TPSA) is 71.1 Å². The zero-order valence-electron chi connectivity index (χ0n) is 14.3. The molecule has 2 amide bonds. The first kappa shape index (κ1) is 18.3. The Morgan fingerprint density at radius 2 is 1.88 bits per heavy atom. The van der Waals surface area contributed by atoms with Crippen molar-refractivity contribution >= 4 is 45.3 Å². The lowest BCUT2D eigenvalue weighted by atomic mass is 10.1. The van der Waals surface area contributed by atoms with Gasteiger partial charge in [0.2, 0.25) is 5.91 Å². The summed E-state index contributed by atoms with van der Waals surface area (Å²) in [7, 11) is 0. The van der Waals surface area contributed by atoms with Crippen molar-refractivity contribution in [1.82, 2.24) is 4.98 Å². The van der Waals surface area contributed by atoms with Gasteiger partial charge in [-0.2, -0.15) is 0 Å². The molecule has 134 valence electrons. The predicted molar refractivity (Wildman–Crippen MR) is 107 cm³/mol. The number of nitrogens with one attached hydrogen (secondary N) is 2. The lowest BCUT2D eigenvalue weighted by Crippen LogP contribution is -2.12. The van der Waals surface area contributed by atoms with Crippen LogP contribution in [0.1, 0.15) is 34.3 Å². The van der Waals surface area contributed by atoms with Crippen LogP contribution in [0.25, 0.3) is 0 Å². The average molecular weight is 386 g/mol. The van der Waals surface area contributed by atoms with E-state index in [1.165, 1.54) is 28.2 Å². The average Bonchev–Trinajstić information content (AvgIpc) is 3.33. The van der Waals surface area contributed by atoms with Crippen LogP contribution < -0.4 is 10.6 Å². The lowest BCUT2D eigenvalue weighted by molar-refractivity contribution is -0.116. The van der Waals surface area contributed by atoms with E-state index in [1.807, 2.05) is 41.1 Å². The normalized spacial score (nSPS) is 10.5. The van der Waals surface area contributed by atoms with Crippen LogP contribution in [-0.2, 0) is 17.6 Å². The molecule has 3 aromatic rings. The van der Waals surface area contributed by atoms with E-state index in [1.54, 1.807) is 6.07 Å². The number of carbonyl (C=O) groups excluding carboxylic acids is 2. The molecule has 0 saturated heterocycles. The number of carbonyl (C=O) groups is 2. The maximum atomic E-state index is 12.1. The summed E-state index contributed by atoms with van der Waals surface area (Å²) < 4.78 is 0. The number of amides is 2. The molecule has 3 rings (SSSR count). The quantitative estimate of drug-likeness (QED) is 0.625. The number of rotatable bonds is 7. The highest BCUT2D eigenvalue weighted by atomic mass is 32.1. The van der Waals surface area contributed by atoms with Crippen LogP contribution in [0.3, 0.4) is 0 Å². The second-order valence-corrected chi connectivity index (χ2v) is 7.48. The Balaban J connectivity index is 1.48. The fraction of sp³-hybridized carbons (Fsp3) is 0.211. The molecule has 2 heterocycles. The smallest absolute Gasteiger partial charge is 0.267 e. The lowest BCUT2D eigenvalue weighted by Gasteiger charge is -2.05. The van der Waals surface area contributed by atoms with Gasteiger partial charge in [-0.1, -0.05) is 25.1 Å². The molecular formula is C19H19N3O2S2. The maximum Gasteiger partial charge on any atom is 0.267 e. The number of aryl methyl sites for hydroxylation is 2. The maximum absolute atomic E-state index is 12.1. The molecule has 0 radical (unpaired) electrons. The number of hydrogen-bond acceptors (Lipinski definition) is 5. The highest BCUT2D eigenvalue weighted by molar-refractivity contribution is 7.14. The Hall–Kier alpha value is -2.51. The largest absolute Gasteiger partial charge is 0.326 e. The van der Waals surface area contributed by atoms with E-state index in [0.29, 0.717) is 22.9 Å². The van der Waals surface area contributed by atoms with E-state index in [2.05, 4.69) is 22.5 Å². The first-order valence-electron chi connectivity index (χ1n) is 8.32. The summed E-state index contributed by atoms with van der Waals surface area (Å²) in [5.41, 5.74) is 2.84. The number of aromatic nitrogens is 1. The number of nitrogens with zero attached hydrogens (tertiary/aromatic N) is 1. The Bertz CT molecular complexity index is 871. The standard InChI is InChI=1S/C19H19N3O2S2/c1-2-13-5-7-14(8-6-13)20-17(23)10-9-15-12-26-19(21-15)22-18(24)16-4-3-11-25-16/h3-8,11-12H,2,9-10H2,1H3,(H,20,23)(H,21,22,24). The SMILES string of the molecule is CCc1ccc(NC(=O)CCc2csc(NC(=O)c3cccs3)n2)cc1. The van der Waals surface area contributed by atoms with Crippen LogP contribution in [0, 0.1) is 0 Å². The summed E-state index contributed by atoms with van der Waals surface area (Å²) in [4.78, 5) is 29.1. The van der Waals surface area contributed by atoms with Gasteiger partial charge in [0, 0.05) is 17.5 Å². The first-order valence-corrected chi connectivity index (χ1v) is 10.1. The van der Waals surface area contributed by atoms with Gasteiger partial charge in [-0.25, -0.2) is 4.98 Å². The van der Waals surface area contributed by atoms with E-state index in [0.717, 1.165) is 17.8 Å². The van der Waals surface area contributed by atoms with Gasteiger partial charge in [0.1, 0.15) is 0 Å². The fourth-order valence-electron chi connectivity index (χ4n) is 2.33. The number of hydrogen-bond donors (Lipinski definition) is 2. The van der Waals surface area contributed by atoms with Crippen LogP contribution >= 0.6 is 22.7 Å². The van der Waals surface area contributed by atoms with E-state index in [4.69, 9.17) is 0 Å². The Labute approximate surface area is 160 Å². The molecule has 5 nitrogen and oxygen atoms in total. The van der Waals surface area contributed by atoms with Gasteiger partial charge in [-0.05, 0) is 42.0 Å². The minimum absolute atomic E-state index is 0.0496. The monoisotopic (exact) mass is 385 g/mol. The number of thiazole rings is 1. The Morgan fingerprint density at radius 3 is 2.58 bits per heavy atom. The highest BCUT2D eigenvalue weighted by Crippen LogP contribution is 2.19. The van der Waals surface area contributed by atoms with Crippen molar-refractivity contribution in [3.8, 4) is 0 Å². The molecule has 0 spiro atoms. The number of benzene rings is 1. The molecule has 0 aliphatic heterocycles. The van der Waals surface area contributed by atoms with E-state index >= 15 is 0 Å². The molecule has 7 heteroatoms. The molecule has 0 saturated carbocycles. The van der Waals surface area contributed by atoms with Gasteiger partial charge < -0.3 is 5.32 Å². The van der Waals surface area contributed by atoms with Crippen molar-refractivity contribution in [2.75, 3.05) is 10.6 Å². The third-order valence-electron chi connectivity index (χ3n) is 3.77. The minimum atomic E-state index is -0.158. The van der Waals surface area contributed by atoms with Crippen LogP contribution in [-0.4, -0.2) is 16.8 Å². The molecule has 0 aliphatic carbocycles. The summed E-state index contributed by atoms with van der Waals surface area (Å²) >= 11 is 2.75. The molecule has 2 aromatic heterocycles. The second kappa shape index (κ2) is 8.73. The van der Waals surface area contributed by atoms with Gasteiger partial charge in [-0.15, -0.1) is 22.7 Å². The summed E-state index contributed by atoms with van der Waals surface area (Å²) in [6.45, 7) is 2.10. The van der Waals surface area contributed by atoms with E-state index in [-0.39, 0.29) is 11.8 Å². The van der Waals surface area contributed by atoms with Crippen LogP contribution in [0.4, 0.5) is 10.8 Å². The molecule has 26 heavy (non-hydrogen) atoms. The van der Waals surface area contributed by atoms with Crippen LogP contribution in [0.15, 0.2) is 47.2 Å². The second-order valence-electron chi connectivity index (χ2n) is 5.67. The van der Waals surface area contributed by atoms with Gasteiger partial charge in [0.15, 0.2) is 5.13 Å². The molecule has 0 aliphatic rings.